The molecule has 1 heterocycles. The second-order valence-corrected chi connectivity index (χ2v) is 17.2. The molecule has 0 N–H and O–H groups in total. The number of anilines is 3. The van der Waals surface area contributed by atoms with E-state index in [0.29, 0.717) is 11.1 Å². The van der Waals surface area contributed by atoms with E-state index in [2.05, 4.69) is 206 Å². The molecule has 0 amide bonds. The maximum atomic E-state index is 10.2. The van der Waals surface area contributed by atoms with Crippen molar-refractivity contribution in [1.29, 1.82) is 0 Å². The van der Waals surface area contributed by atoms with Crippen LogP contribution in [0, 0.1) is 0 Å². The number of nitrogens with zero attached hydrogens (tertiary/aromatic N) is 1. The van der Waals surface area contributed by atoms with Crippen molar-refractivity contribution in [3.63, 3.8) is 0 Å². The van der Waals surface area contributed by atoms with Gasteiger partial charge in [-0.25, -0.2) is 0 Å². The molecule has 310 valence electrons. The Hall–Kier alpha value is -8.46. The number of hydrogen-bond donors (Lipinski definition) is 0. The molecule has 0 radical (unpaired) electrons. The number of furan rings is 1. The molecule has 2 heteroatoms. The molecule has 0 atom stereocenters. The third-order valence-electron chi connectivity index (χ3n) is 14.0. The van der Waals surface area contributed by atoms with E-state index in [1.165, 1.54) is 11.1 Å². The standard InChI is InChI=1S/C64H43NO/c1-5-19-47(20-6-1)63(48-21-7-2-8-22-48)58-30-15-13-28-54(58)56-42-52(33-35-60(56)63)65(51-27-17-18-44(41-51)45-32-37-62-46(40-45)38-39-66-62)53-34-36-61-57(43-53)55-29-14-16-31-59(55)64(61,49-23-9-3-10-24-49)50-25-11-4-12-26-50/h1-43H/i17D,18D,27D,41D. The van der Waals surface area contributed by atoms with Gasteiger partial charge in [-0.15, -0.1) is 0 Å². The first kappa shape index (κ1) is 34.0. The van der Waals surface area contributed by atoms with Crippen molar-refractivity contribution >= 4 is 28.0 Å². The molecule has 0 unspecified atom stereocenters. The molecular formula is C64H43NO. The molecule has 0 saturated carbocycles. The van der Waals surface area contributed by atoms with Gasteiger partial charge in [0, 0.05) is 22.4 Å². The second kappa shape index (κ2) is 15.1. The topological polar surface area (TPSA) is 16.4 Å². The lowest BCUT2D eigenvalue weighted by molar-refractivity contribution is 0.616. The van der Waals surface area contributed by atoms with Crippen LogP contribution in [0.2, 0.25) is 0 Å². The molecule has 13 rings (SSSR count). The first-order valence-electron chi connectivity index (χ1n) is 24.5. The van der Waals surface area contributed by atoms with Crippen LogP contribution in [0.5, 0.6) is 0 Å². The van der Waals surface area contributed by atoms with E-state index in [1.807, 2.05) is 29.2 Å². The molecule has 66 heavy (non-hydrogen) atoms. The summed E-state index contributed by atoms with van der Waals surface area (Å²) in [5.41, 5.74) is 15.5. The van der Waals surface area contributed by atoms with Crippen molar-refractivity contribution in [2.24, 2.45) is 0 Å². The lowest BCUT2D eigenvalue weighted by Gasteiger charge is -2.34. The van der Waals surface area contributed by atoms with Crippen LogP contribution in [-0.2, 0) is 10.8 Å². The van der Waals surface area contributed by atoms with Crippen LogP contribution < -0.4 is 4.90 Å². The van der Waals surface area contributed by atoms with Crippen molar-refractivity contribution < 1.29 is 9.90 Å². The van der Waals surface area contributed by atoms with Gasteiger partial charge < -0.3 is 9.32 Å². The molecule has 0 bridgehead atoms. The molecule has 0 fully saturated rings. The van der Waals surface area contributed by atoms with Crippen LogP contribution in [0.4, 0.5) is 17.1 Å². The van der Waals surface area contributed by atoms with Gasteiger partial charge in [0.2, 0.25) is 0 Å². The average Bonchev–Trinajstić information content (AvgIpc) is 4.10. The predicted octanol–water partition coefficient (Wildman–Crippen LogP) is 16.3. The van der Waals surface area contributed by atoms with Gasteiger partial charge in [-0.1, -0.05) is 200 Å². The van der Waals surface area contributed by atoms with Gasteiger partial charge in [-0.3, -0.25) is 0 Å². The van der Waals surface area contributed by atoms with Crippen molar-refractivity contribution in [3.05, 3.63) is 305 Å². The largest absolute Gasteiger partial charge is 0.464 e. The van der Waals surface area contributed by atoms with Crippen molar-refractivity contribution in [1.82, 2.24) is 0 Å². The second-order valence-electron chi connectivity index (χ2n) is 17.2. The summed E-state index contributed by atoms with van der Waals surface area (Å²) >= 11 is 0. The maximum absolute atomic E-state index is 10.2. The Bertz CT molecular complexity index is 3570. The Balaban J connectivity index is 1.10. The van der Waals surface area contributed by atoms with Crippen molar-refractivity contribution in [3.8, 4) is 33.4 Å². The van der Waals surface area contributed by atoms with Gasteiger partial charge in [-0.05, 0) is 132 Å². The summed E-state index contributed by atoms with van der Waals surface area (Å²) in [4.78, 5) is 1.99. The molecule has 0 saturated heterocycles. The summed E-state index contributed by atoms with van der Waals surface area (Å²) in [6, 6.07) is 80.0. The van der Waals surface area contributed by atoms with Crippen LogP contribution >= 0.6 is 0 Å². The van der Waals surface area contributed by atoms with Crippen molar-refractivity contribution in [2.75, 3.05) is 4.90 Å². The highest BCUT2D eigenvalue weighted by molar-refractivity contribution is 5.94. The highest BCUT2D eigenvalue weighted by Gasteiger charge is 2.48. The number of rotatable bonds is 8. The maximum Gasteiger partial charge on any atom is 0.133 e. The third kappa shape index (κ3) is 5.55. The molecular weight excluding hydrogens is 799 g/mol. The zero-order chi connectivity index (χ0) is 47.1. The molecule has 2 aliphatic carbocycles. The molecule has 0 aliphatic heterocycles. The molecule has 1 aromatic heterocycles. The first-order valence-corrected chi connectivity index (χ1v) is 22.5. The molecule has 11 aromatic rings. The Morgan fingerprint density at radius 2 is 0.818 bits per heavy atom. The number of hydrogen-bond acceptors (Lipinski definition) is 2. The fraction of sp³-hybridized carbons (Fsp3) is 0.0312. The van der Waals surface area contributed by atoms with Crippen LogP contribution in [0.15, 0.2) is 265 Å². The van der Waals surface area contributed by atoms with E-state index in [4.69, 9.17) is 4.42 Å². The lowest BCUT2D eigenvalue weighted by atomic mass is 9.67. The highest BCUT2D eigenvalue weighted by Crippen LogP contribution is 2.59. The summed E-state index contributed by atoms with van der Waals surface area (Å²) in [5.74, 6) is 0. The zero-order valence-electron chi connectivity index (χ0n) is 39.9. The zero-order valence-corrected chi connectivity index (χ0v) is 35.9. The summed E-state index contributed by atoms with van der Waals surface area (Å²) in [7, 11) is 0. The van der Waals surface area contributed by atoms with Gasteiger partial charge in [0.15, 0.2) is 0 Å². The van der Waals surface area contributed by atoms with Gasteiger partial charge in [0.25, 0.3) is 0 Å². The third-order valence-corrected chi connectivity index (χ3v) is 14.0. The summed E-state index contributed by atoms with van der Waals surface area (Å²) in [6.45, 7) is 0. The first-order chi connectivity index (χ1) is 34.4. The van der Waals surface area contributed by atoms with E-state index in [1.54, 1.807) is 6.26 Å². The summed E-state index contributed by atoms with van der Waals surface area (Å²) in [5, 5.41) is 0.825. The summed E-state index contributed by atoms with van der Waals surface area (Å²) < 4.78 is 44.5. The highest BCUT2D eigenvalue weighted by atomic mass is 16.3. The minimum absolute atomic E-state index is 0.0125. The van der Waals surface area contributed by atoms with Gasteiger partial charge in [-0.2, -0.15) is 0 Å². The van der Waals surface area contributed by atoms with Crippen LogP contribution in [-0.4, -0.2) is 0 Å². The van der Waals surface area contributed by atoms with Gasteiger partial charge >= 0.3 is 0 Å². The van der Waals surface area contributed by atoms with E-state index in [-0.39, 0.29) is 35.4 Å². The fourth-order valence-electron chi connectivity index (χ4n) is 11.3. The predicted molar refractivity (Wildman–Crippen MR) is 271 cm³/mol. The van der Waals surface area contributed by atoms with E-state index in [0.717, 1.165) is 72.4 Å². The van der Waals surface area contributed by atoms with Crippen LogP contribution in [0.1, 0.15) is 50.0 Å². The smallest absolute Gasteiger partial charge is 0.133 e. The molecule has 10 aromatic carbocycles. The monoisotopic (exact) mass is 845 g/mol. The Morgan fingerprint density at radius 1 is 0.364 bits per heavy atom. The number of fused-ring (bicyclic) bond motifs is 7. The molecule has 2 nitrogen and oxygen atoms in total. The summed E-state index contributed by atoms with van der Waals surface area (Å²) in [6.07, 6.45) is 1.63. The lowest BCUT2D eigenvalue weighted by Crippen LogP contribution is -2.28. The van der Waals surface area contributed by atoms with E-state index >= 15 is 0 Å². The normalized spacial score (nSPS) is 14.5. The average molecular weight is 846 g/mol. The Labute approximate surface area is 391 Å². The van der Waals surface area contributed by atoms with Crippen LogP contribution in [0.25, 0.3) is 44.3 Å². The SMILES string of the molecule is [2H]c1c([2H])c(-c2ccc3occc3c2)c([2H])c(N(c2ccc3c(c2)-c2ccccc2C3(c2ccccc2)c2ccccc2)c2ccc3c(c2)-c2ccccc2C3(c2ccccc2)c2ccccc2)c1[2H]. The van der Waals surface area contributed by atoms with Crippen LogP contribution in [0.3, 0.4) is 0 Å². The molecule has 0 spiro atoms. The minimum Gasteiger partial charge on any atom is -0.464 e. The van der Waals surface area contributed by atoms with Crippen molar-refractivity contribution in [2.45, 2.75) is 10.8 Å². The van der Waals surface area contributed by atoms with E-state index in [9.17, 15) is 5.48 Å². The molecule has 2 aliphatic rings. The quantitative estimate of drug-likeness (QED) is 0.151. The fourth-order valence-corrected chi connectivity index (χ4v) is 11.3. The Morgan fingerprint density at radius 3 is 1.32 bits per heavy atom. The number of benzene rings is 10. The van der Waals surface area contributed by atoms with Gasteiger partial charge in [0.1, 0.15) is 5.58 Å². The minimum atomic E-state index is -0.630. The van der Waals surface area contributed by atoms with Gasteiger partial charge in [0.05, 0.1) is 22.6 Å². The Kier molecular flexibility index (Phi) is 7.77. The van der Waals surface area contributed by atoms with E-state index < -0.39 is 10.8 Å².